The summed E-state index contributed by atoms with van der Waals surface area (Å²) in [5.74, 6) is 0.127. The van der Waals surface area contributed by atoms with Gasteiger partial charge in [-0.2, -0.15) is 0 Å². The summed E-state index contributed by atoms with van der Waals surface area (Å²) < 4.78 is 6.61. The molecule has 3 aromatic rings. The first-order valence-electron chi connectivity index (χ1n) is 6.78. The lowest BCUT2D eigenvalue weighted by atomic mass is 10.1. The van der Waals surface area contributed by atoms with E-state index in [1.807, 2.05) is 12.1 Å². The molecule has 0 bridgehead atoms. The first-order chi connectivity index (χ1) is 11.5. The number of ether oxygens (including phenoxy) is 1. The third-order valence-electron chi connectivity index (χ3n) is 3.13. The van der Waals surface area contributed by atoms with E-state index in [9.17, 15) is 5.11 Å². The molecule has 8 heteroatoms. The Morgan fingerprint density at radius 3 is 2.29 bits per heavy atom. The Balaban J connectivity index is 1.72. The molecule has 0 radical (unpaired) electrons. The average Bonchev–Trinajstić information content (AvgIpc) is 2.59. The zero-order valence-electron chi connectivity index (χ0n) is 12.1. The molecule has 0 saturated carbocycles. The lowest BCUT2D eigenvalue weighted by Crippen LogP contribution is -2.01. The SMILES string of the molecule is Oc1c(Br)cc(-c2cnc(OCc3ccc(Cl)cc3)nn2)cc1Br. The van der Waals surface area contributed by atoms with E-state index >= 15 is 0 Å². The molecule has 0 unspecified atom stereocenters. The Kier molecular flexibility index (Phi) is 5.33. The van der Waals surface area contributed by atoms with Crippen LogP contribution in [0.1, 0.15) is 5.56 Å². The van der Waals surface area contributed by atoms with Crippen LogP contribution in [0.25, 0.3) is 11.3 Å². The highest BCUT2D eigenvalue weighted by atomic mass is 79.9. The normalized spacial score (nSPS) is 10.6. The summed E-state index contributed by atoms with van der Waals surface area (Å²) in [5.41, 5.74) is 2.28. The van der Waals surface area contributed by atoms with Crippen LogP contribution in [0.5, 0.6) is 11.8 Å². The van der Waals surface area contributed by atoms with Crippen molar-refractivity contribution in [3.05, 3.63) is 62.1 Å². The predicted octanol–water partition coefficient (Wildman–Crippen LogP) is 5.00. The zero-order chi connectivity index (χ0) is 17.1. The lowest BCUT2D eigenvalue weighted by Gasteiger charge is -2.06. The summed E-state index contributed by atoms with van der Waals surface area (Å²) in [6.45, 7) is 0.328. The summed E-state index contributed by atoms with van der Waals surface area (Å²) >= 11 is 12.4. The third-order valence-corrected chi connectivity index (χ3v) is 4.60. The van der Waals surface area contributed by atoms with Crippen LogP contribution in [-0.4, -0.2) is 20.3 Å². The van der Waals surface area contributed by atoms with Gasteiger partial charge in [0.1, 0.15) is 18.1 Å². The smallest absolute Gasteiger partial charge is 0.336 e. The van der Waals surface area contributed by atoms with Crippen LogP contribution < -0.4 is 4.74 Å². The molecule has 0 amide bonds. The number of nitrogens with zero attached hydrogens (tertiary/aromatic N) is 3. The van der Waals surface area contributed by atoms with E-state index in [2.05, 4.69) is 47.0 Å². The van der Waals surface area contributed by atoms with E-state index < -0.39 is 0 Å². The van der Waals surface area contributed by atoms with Crippen LogP contribution >= 0.6 is 43.5 Å². The molecule has 1 heterocycles. The van der Waals surface area contributed by atoms with Gasteiger partial charge in [-0.25, -0.2) is 4.98 Å². The second-order valence-electron chi connectivity index (χ2n) is 4.83. The third kappa shape index (κ3) is 4.03. The van der Waals surface area contributed by atoms with Gasteiger partial charge in [-0.1, -0.05) is 28.8 Å². The van der Waals surface area contributed by atoms with E-state index in [0.29, 0.717) is 26.3 Å². The fraction of sp³-hybridized carbons (Fsp3) is 0.0625. The number of phenolic OH excluding ortho intramolecular Hbond substituents is 1. The molecule has 0 aliphatic heterocycles. The fourth-order valence-corrected chi connectivity index (χ4v) is 3.22. The molecular weight excluding hydrogens is 461 g/mol. The van der Waals surface area contributed by atoms with Gasteiger partial charge in [0.15, 0.2) is 0 Å². The summed E-state index contributed by atoms with van der Waals surface area (Å²) in [4.78, 5) is 4.15. The van der Waals surface area contributed by atoms with Gasteiger partial charge in [0.2, 0.25) is 0 Å². The van der Waals surface area contributed by atoms with E-state index in [1.165, 1.54) is 0 Å². The van der Waals surface area contributed by atoms with Crippen LogP contribution in [0, 0.1) is 0 Å². The molecule has 24 heavy (non-hydrogen) atoms. The summed E-state index contributed by atoms with van der Waals surface area (Å²) in [6.07, 6.45) is 1.56. The van der Waals surface area contributed by atoms with Gasteiger partial charge in [0.05, 0.1) is 15.1 Å². The van der Waals surface area contributed by atoms with Gasteiger partial charge >= 0.3 is 6.01 Å². The number of benzene rings is 2. The quantitative estimate of drug-likeness (QED) is 0.580. The lowest BCUT2D eigenvalue weighted by molar-refractivity contribution is 0.277. The van der Waals surface area contributed by atoms with Crippen molar-refractivity contribution >= 4 is 43.5 Å². The maximum atomic E-state index is 9.74. The van der Waals surface area contributed by atoms with Crippen molar-refractivity contribution < 1.29 is 9.84 Å². The van der Waals surface area contributed by atoms with E-state index in [-0.39, 0.29) is 11.8 Å². The first kappa shape index (κ1) is 17.1. The molecule has 3 rings (SSSR count). The molecule has 0 fully saturated rings. The molecule has 0 atom stereocenters. The minimum Gasteiger partial charge on any atom is -0.506 e. The van der Waals surface area contributed by atoms with Crippen molar-refractivity contribution in [2.45, 2.75) is 6.61 Å². The average molecular weight is 472 g/mol. The molecule has 0 aliphatic rings. The van der Waals surface area contributed by atoms with E-state index in [0.717, 1.165) is 11.1 Å². The second-order valence-corrected chi connectivity index (χ2v) is 6.97. The largest absolute Gasteiger partial charge is 0.506 e. The second kappa shape index (κ2) is 7.46. The molecule has 0 spiro atoms. The summed E-state index contributed by atoms with van der Waals surface area (Å²) in [6, 6.07) is 11.0. The van der Waals surface area contributed by atoms with Crippen molar-refractivity contribution in [3.8, 4) is 23.0 Å². The zero-order valence-corrected chi connectivity index (χ0v) is 16.0. The van der Waals surface area contributed by atoms with E-state index in [4.69, 9.17) is 16.3 Å². The molecule has 5 nitrogen and oxygen atoms in total. The van der Waals surface area contributed by atoms with Crippen molar-refractivity contribution in [2.75, 3.05) is 0 Å². The van der Waals surface area contributed by atoms with Crippen LogP contribution in [0.4, 0.5) is 0 Å². The molecule has 122 valence electrons. The van der Waals surface area contributed by atoms with Crippen molar-refractivity contribution in [2.24, 2.45) is 0 Å². The van der Waals surface area contributed by atoms with Crippen LogP contribution in [0.2, 0.25) is 5.02 Å². The number of rotatable bonds is 4. The number of halogens is 3. The van der Waals surface area contributed by atoms with Crippen LogP contribution in [-0.2, 0) is 6.61 Å². The Bertz CT molecular complexity index is 835. The fourth-order valence-electron chi connectivity index (χ4n) is 1.90. The number of hydrogen-bond acceptors (Lipinski definition) is 5. The predicted molar refractivity (Wildman–Crippen MR) is 98.1 cm³/mol. The number of hydrogen-bond donors (Lipinski definition) is 1. The van der Waals surface area contributed by atoms with Gasteiger partial charge in [-0.3, -0.25) is 0 Å². The van der Waals surface area contributed by atoms with Crippen LogP contribution in [0.15, 0.2) is 51.5 Å². The monoisotopic (exact) mass is 469 g/mol. The Morgan fingerprint density at radius 1 is 1.04 bits per heavy atom. The topological polar surface area (TPSA) is 68.1 Å². The maximum Gasteiger partial charge on any atom is 0.336 e. The number of phenols is 1. The molecular formula is C16H10Br2ClN3O2. The Morgan fingerprint density at radius 2 is 1.71 bits per heavy atom. The van der Waals surface area contributed by atoms with Crippen molar-refractivity contribution in [3.63, 3.8) is 0 Å². The highest BCUT2D eigenvalue weighted by Gasteiger charge is 2.10. The molecule has 0 aliphatic carbocycles. The highest BCUT2D eigenvalue weighted by molar-refractivity contribution is 9.11. The van der Waals surface area contributed by atoms with Gasteiger partial charge in [0, 0.05) is 10.6 Å². The molecule has 1 N–H and O–H groups in total. The van der Waals surface area contributed by atoms with Crippen molar-refractivity contribution in [1.82, 2.24) is 15.2 Å². The van der Waals surface area contributed by atoms with Crippen molar-refractivity contribution in [1.29, 1.82) is 0 Å². The van der Waals surface area contributed by atoms with Crippen LogP contribution in [0.3, 0.4) is 0 Å². The summed E-state index contributed by atoms with van der Waals surface area (Å²) in [5, 5.41) is 18.5. The number of aromatic nitrogens is 3. The van der Waals surface area contributed by atoms with Gasteiger partial charge in [-0.05, 0) is 61.7 Å². The van der Waals surface area contributed by atoms with Gasteiger partial charge in [0.25, 0.3) is 0 Å². The molecule has 1 aromatic heterocycles. The maximum absolute atomic E-state index is 9.74. The number of aromatic hydroxyl groups is 1. The molecule has 0 saturated heterocycles. The Hall–Kier alpha value is -1.70. The Labute approximate surface area is 159 Å². The minimum absolute atomic E-state index is 0.127. The highest BCUT2D eigenvalue weighted by Crippen LogP contribution is 2.36. The first-order valence-corrected chi connectivity index (χ1v) is 8.74. The van der Waals surface area contributed by atoms with Gasteiger partial charge in [-0.15, -0.1) is 5.10 Å². The standard InChI is InChI=1S/C16H10Br2ClN3O2/c17-12-5-10(6-13(18)15(12)23)14-7-20-16(22-21-14)24-8-9-1-3-11(19)4-2-9/h1-7,23H,8H2. The van der Waals surface area contributed by atoms with E-state index in [1.54, 1.807) is 30.5 Å². The van der Waals surface area contributed by atoms with Gasteiger partial charge < -0.3 is 9.84 Å². The summed E-state index contributed by atoms with van der Waals surface area (Å²) in [7, 11) is 0. The minimum atomic E-state index is 0.127. The molecule has 2 aromatic carbocycles.